The van der Waals surface area contributed by atoms with Gasteiger partial charge in [0.1, 0.15) is 5.75 Å². The van der Waals surface area contributed by atoms with Gasteiger partial charge < -0.3 is 14.6 Å². The highest BCUT2D eigenvalue weighted by molar-refractivity contribution is 7.99. The van der Waals surface area contributed by atoms with Crippen LogP contribution in [0.25, 0.3) is 11.5 Å². The van der Waals surface area contributed by atoms with E-state index in [0.717, 1.165) is 34.8 Å². The maximum atomic E-state index is 12.3. The Balaban J connectivity index is 1.34. The molecule has 0 atom stereocenters. The molecule has 0 bridgehead atoms. The summed E-state index contributed by atoms with van der Waals surface area (Å²) in [7, 11) is 1.58. The molecule has 1 N–H and O–H groups in total. The third kappa shape index (κ3) is 4.33. The lowest BCUT2D eigenvalue weighted by Gasteiger charge is -2.10. The van der Waals surface area contributed by atoms with Gasteiger partial charge in [0.25, 0.3) is 5.89 Å². The Morgan fingerprint density at radius 2 is 2.18 bits per heavy atom. The van der Waals surface area contributed by atoms with Crippen molar-refractivity contribution in [1.29, 1.82) is 0 Å². The third-order valence-electron chi connectivity index (χ3n) is 4.35. The molecule has 7 nitrogen and oxygen atoms in total. The van der Waals surface area contributed by atoms with Crippen molar-refractivity contribution in [1.82, 2.24) is 15.1 Å². The molecule has 0 radical (unpaired) electrons. The Kier molecular flexibility index (Phi) is 5.29. The monoisotopic (exact) mass is 396 g/mol. The summed E-state index contributed by atoms with van der Waals surface area (Å²) in [5, 5.41) is 7.64. The zero-order valence-electron chi connectivity index (χ0n) is 15.6. The number of benzene rings is 1. The van der Waals surface area contributed by atoms with E-state index in [2.05, 4.69) is 20.4 Å². The van der Waals surface area contributed by atoms with Gasteiger partial charge in [-0.15, -0.1) is 0 Å². The molecule has 1 aromatic carbocycles. The number of anilines is 1. The highest BCUT2D eigenvalue weighted by Gasteiger charge is 2.29. The Hall–Kier alpha value is -2.87. The molecule has 1 amide bonds. The highest BCUT2D eigenvalue weighted by atomic mass is 32.2. The Bertz CT molecular complexity index is 983. The quantitative estimate of drug-likeness (QED) is 0.602. The van der Waals surface area contributed by atoms with E-state index in [1.54, 1.807) is 13.3 Å². The van der Waals surface area contributed by atoms with Crippen molar-refractivity contribution < 1.29 is 14.1 Å². The number of ether oxygens (including phenoxy) is 1. The fourth-order valence-corrected chi connectivity index (χ4v) is 3.34. The zero-order chi connectivity index (χ0) is 19.5. The minimum Gasteiger partial charge on any atom is -0.495 e. The van der Waals surface area contributed by atoms with E-state index < -0.39 is 0 Å². The van der Waals surface area contributed by atoms with E-state index in [1.807, 2.05) is 37.3 Å². The molecule has 3 aromatic rings. The third-order valence-corrected chi connectivity index (χ3v) is 5.29. The minimum atomic E-state index is -0.120. The second-order valence-corrected chi connectivity index (χ2v) is 7.65. The molecular formula is C20H20N4O3S. The molecule has 4 rings (SSSR count). The molecule has 1 fully saturated rings. The zero-order valence-corrected chi connectivity index (χ0v) is 16.5. The molecule has 2 aromatic heterocycles. The van der Waals surface area contributed by atoms with Gasteiger partial charge in [0.05, 0.1) is 29.1 Å². The fraction of sp³-hybridized carbons (Fsp3) is 0.300. The average Bonchev–Trinajstić information content (AvgIpc) is 3.44. The summed E-state index contributed by atoms with van der Waals surface area (Å²) in [5.41, 5.74) is 2.49. The van der Waals surface area contributed by atoms with Gasteiger partial charge in [0, 0.05) is 12.1 Å². The van der Waals surface area contributed by atoms with Crippen molar-refractivity contribution in [2.75, 3.05) is 18.2 Å². The van der Waals surface area contributed by atoms with E-state index in [-0.39, 0.29) is 11.7 Å². The molecule has 0 spiro atoms. The summed E-state index contributed by atoms with van der Waals surface area (Å²) in [5.74, 6) is 2.47. The van der Waals surface area contributed by atoms with Gasteiger partial charge in [0.2, 0.25) is 5.91 Å². The van der Waals surface area contributed by atoms with Crippen LogP contribution in [0.4, 0.5) is 5.69 Å². The lowest BCUT2D eigenvalue weighted by molar-refractivity contribution is -0.113. The van der Waals surface area contributed by atoms with Gasteiger partial charge in [0.15, 0.2) is 5.82 Å². The van der Waals surface area contributed by atoms with Crippen molar-refractivity contribution in [3.8, 4) is 17.2 Å². The summed E-state index contributed by atoms with van der Waals surface area (Å²) in [6.45, 7) is 1.96. The first-order chi connectivity index (χ1) is 13.6. The SMILES string of the molecule is COc1ccc(C)cc1NC(=O)CSc1ccc(-c2nc(C3CC3)no2)cn1. The van der Waals surface area contributed by atoms with Crippen molar-refractivity contribution in [2.24, 2.45) is 0 Å². The van der Waals surface area contributed by atoms with E-state index in [4.69, 9.17) is 9.26 Å². The van der Waals surface area contributed by atoms with Gasteiger partial charge in [-0.05, 0) is 49.6 Å². The van der Waals surface area contributed by atoms with Gasteiger partial charge in [-0.1, -0.05) is 23.0 Å². The van der Waals surface area contributed by atoms with Crippen LogP contribution in [0, 0.1) is 6.92 Å². The fourth-order valence-electron chi connectivity index (χ4n) is 2.70. The first kappa shape index (κ1) is 18.5. The van der Waals surface area contributed by atoms with Crippen LogP contribution in [0.15, 0.2) is 46.1 Å². The molecule has 1 saturated carbocycles. The van der Waals surface area contributed by atoms with E-state index in [9.17, 15) is 4.79 Å². The molecule has 144 valence electrons. The van der Waals surface area contributed by atoms with Crippen LogP contribution in [-0.4, -0.2) is 33.9 Å². The van der Waals surface area contributed by atoms with Crippen molar-refractivity contribution >= 4 is 23.4 Å². The number of hydrogen-bond acceptors (Lipinski definition) is 7. The number of aryl methyl sites for hydroxylation is 1. The number of nitrogens with zero attached hydrogens (tertiary/aromatic N) is 3. The molecular weight excluding hydrogens is 376 g/mol. The molecule has 8 heteroatoms. The van der Waals surface area contributed by atoms with Gasteiger partial charge >= 0.3 is 0 Å². The average molecular weight is 396 g/mol. The number of carbonyl (C=O) groups is 1. The molecule has 0 unspecified atom stereocenters. The molecule has 1 aliphatic carbocycles. The maximum Gasteiger partial charge on any atom is 0.259 e. The Morgan fingerprint density at radius 1 is 1.32 bits per heavy atom. The Morgan fingerprint density at radius 3 is 2.89 bits per heavy atom. The minimum absolute atomic E-state index is 0.120. The van der Waals surface area contributed by atoms with Gasteiger partial charge in [-0.25, -0.2) is 4.98 Å². The van der Waals surface area contributed by atoms with Crippen LogP contribution in [-0.2, 0) is 4.79 Å². The predicted octanol–water partition coefficient (Wildman–Crippen LogP) is 4.06. The number of hydrogen-bond donors (Lipinski definition) is 1. The van der Waals surface area contributed by atoms with Crippen LogP contribution in [0.5, 0.6) is 5.75 Å². The number of nitrogens with one attached hydrogen (secondary N) is 1. The second kappa shape index (κ2) is 8.02. The number of carbonyl (C=O) groups excluding carboxylic acids is 1. The van der Waals surface area contributed by atoms with Crippen LogP contribution >= 0.6 is 11.8 Å². The number of amides is 1. The number of thioether (sulfide) groups is 1. The van der Waals surface area contributed by atoms with E-state index in [0.29, 0.717) is 23.2 Å². The summed E-state index contributed by atoms with van der Waals surface area (Å²) >= 11 is 1.36. The molecule has 0 saturated heterocycles. The van der Waals surface area contributed by atoms with E-state index >= 15 is 0 Å². The number of aromatic nitrogens is 3. The smallest absolute Gasteiger partial charge is 0.259 e. The Labute approximate surface area is 166 Å². The van der Waals surface area contributed by atoms with E-state index in [1.165, 1.54) is 11.8 Å². The second-order valence-electron chi connectivity index (χ2n) is 6.66. The van der Waals surface area contributed by atoms with Crippen molar-refractivity contribution in [2.45, 2.75) is 30.7 Å². The predicted molar refractivity (Wildman–Crippen MR) is 107 cm³/mol. The number of pyridine rings is 1. The highest BCUT2D eigenvalue weighted by Crippen LogP contribution is 2.38. The van der Waals surface area contributed by atoms with Crippen LogP contribution < -0.4 is 10.1 Å². The van der Waals surface area contributed by atoms with Crippen molar-refractivity contribution in [3.63, 3.8) is 0 Å². The first-order valence-electron chi connectivity index (χ1n) is 8.99. The largest absolute Gasteiger partial charge is 0.495 e. The molecule has 2 heterocycles. The lowest BCUT2D eigenvalue weighted by atomic mass is 10.2. The maximum absolute atomic E-state index is 12.3. The number of rotatable bonds is 7. The standard InChI is InChI=1S/C20H20N4O3S/c1-12-3-7-16(26-2)15(9-12)22-17(25)11-28-18-8-6-14(10-21-18)20-23-19(24-27-20)13-4-5-13/h3,6-10,13H,4-5,11H2,1-2H3,(H,22,25). The normalized spacial score (nSPS) is 13.4. The van der Waals surface area contributed by atoms with Gasteiger partial charge in [-0.2, -0.15) is 4.98 Å². The van der Waals surface area contributed by atoms with Crippen LogP contribution in [0.2, 0.25) is 0 Å². The first-order valence-corrected chi connectivity index (χ1v) is 9.98. The van der Waals surface area contributed by atoms with Crippen LogP contribution in [0.1, 0.15) is 30.1 Å². The summed E-state index contributed by atoms with van der Waals surface area (Å²) < 4.78 is 10.6. The number of methoxy groups -OCH3 is 1. The summed E-state index contributed by atoms with van der Waals surface area (Å²) in [4.78, 5) is 21.1. The topological polar surface area (TPSA) is 90.1 Å². The summed E-state index contributed by atoms with van der Waals surface area (Å²) in [6.07, 6.45) is 3.95. The molecule has 28 heavy (non-hydrogen) atoms. The summed E-state index contributed by atoms with van der Waals surface area (Å²) in [6, 6.07) is 9.38. The van der Waals surface area contributed by atoms with Gasteiger partial charge in [-0.3, -0.25) is 4.79 Å². The lowest BCUT2D eigenvalue weighted by Crippen LogP contribution is -2.14. The van der Waals surface area contributed by atoms with Crippen LogP contribution in [0.3, 0.4) is 0 Å². The van der Waals surface area contributed by atoms with Crippen molar-refractivity contribution in [3.05, 3.63) is 47.9 Å². The molecule has 0 aliphatic heterocycles. The molecule has 1 aliphatic rings.